The Kier molecular flexibility index (Phi) is 3.02. The van der Waals surface area contributed by atoms with Crippen molar-refractivity contribution in [3.05, 3.63) is 18.2 Å². The van der Waals surface area contributed by atoms with Gasteiger partial charge in [0.1, 0.15) is 5.52 Å². The van der Waals surface area contributed by atoms with Crippen molar-refractivity contribution in [1.82, 2.24) is 9.55 Å². The van der Waals surface area contributed by atoms with Gasteiger partial charge in [0.25, 0.3) is 0 Å². The van der Waals surface area contributed by atoms with Crippen LogP contribution < -0.4 is 5.73 Å². The Balaban J connectivity index is 2.17. The van der Waals surface area contributed by atoms with E-state index < -0.39 is 9.84 Å². The molecule has 20 heavy (non-hydrogen) atoms. The molecule has 2 N–H and O–H groups in total. The third-order valence-corrected chi connectivity index (χ3v) is 6.39. The minimum atomic E-state index is -3.30. The van der Waals surface area contributed by atoms with Gasteiger partial charge in [-0.05, 0) is 31.2 Å². The zero-order valence-corrected chi connectivity index (χ0v) is 13.1. The number of nitrogens with two attached hydrogens (primary N) is 1. The molecule has 1 aliphatic carbocycles. The number of rotatable bonds is 4. The molecule has 1 aromatic heterocycles. The lowest BCUT2D eigenvalue weighted by molar-refractivity contribution is 0.602. The average Bonchev–Trinajstić information content (AvgIpc) is 3.08. The summed E-state index contributed by atoms with van der Waals surface area (Å²) in [7, 11) is -3.30. The van der Waals surface area contributed by atoms with Crippen molar-refractivity contribution in [3.63, 3.8) is 0 Å². The first-order valence-corrected chi connectivity index (χ1v) is 9.48. The summed E-state index contributed by atoms with van der Waals surface area (Å²) in [6.07, 6.45) is 5.63. The number of anilines is 1. The molecular weight excluding hydrogens is 294 g/mol. The maximum Gasteiger partial charge on any atom is 0.201 e. The number of nitrogens with zero attached hydrogens (tertiary/aromatic N) is 2. The fraction of sp³-hybridized carbons (Fsp3) is 0.462. The molecule has 0 saturated heterocycles. The molecule has 0 bridgehead atoms. The molecule has 1 heterocycles. The molecule has 0 atom stereocenters. The molecule has 1 aliphatic rings. The number of hydrogen-bond donors (Lipinski definition) is 1. The highest BCUT2D eigenvalue weighted by atomic mass is 32.2. The first-order chi connectivity index (χ1) is 9.36. The Morgan fingerprint density at radius 2 is 2.15 bits per heavy atom. The predicted octanol–water partition coefficient (Wildman–Crippen LogP) is 1.92. The largest absolute Gasteiger partial charge is 0.369 e. The highest BCUT2D eigenvalue weighted by Gasteiger charge is 2.42. The molecule has 108 valence electrons. The van der Waals surface area contributed by atoms with Crippen molar-refractivity contribution >= 4 is 38.6 Å². The molecular formula is C13H17N3O2S2. The van der Waals surface area contributed by atoms with Gasteiger partial charge >= 0.3 is 0 Å². The fourth-order valence-electron chi connectivity index (χ4n) is 2.46. The molecule has 0 aliphatic heterocycles. The van der Waals surface area contributed by atoms with Gasteiger partial charge < -0.3 is 10.3 Å². The minimum Gasteiger partial charge on any atom is -0.369 e. The SMILES string of the molecule is CSC1(Cn2c(N)nc3c(S(C)(=O)=O)cccc32)CC1. The van der Waals surface area contributed by atoms with Crippen molar-refractivity contribution in [2.24, 2.45) is 0 Å². The van der Waals surface area contributed by atoms with Crippen LogP contribution >= 0.6 is 11.8 Å². The Labute approximate surface area is 122 Å². The van der Waals surface area contributed by atoms with Crippen molar-refractivity contribution < 1.29 is 8.42 Å². The van der Waals surface area contributed by atoms with Crippen LogP contribution in [0.1, 0.15) is 12.8 Å². The van der Waals surface area contributed by atoms with Crippen molar-refractivity contribution in [2.75, 3.05) is 18.2 Å². The highest BCUT2D eigenvalue weighted by Crippen LogP contribution is 2.49. The van der Waals surface area contributed by atoms with Crippen LogP contribution in [-0.4, -0.2) is 35.2 Å². The van der Waals surface area contributed by atoms with E-state index in [1.807, 2.05) is 22.4 Å². The first-order valence-electron chi connectivity index (χ1n) is 6.36. The fourth-order valence-corrected chi connectivity index (χ4v) is 4.05. The summed E-state index contributed by atoms with van der Waals surface area (Å²) in [5.41, 5.74) is 7.28. The van der Waals surface area contributed by atoms with Crippen LogP contribution in [-0.2, 0) is 16.4 Å². The van der Waals surface area contributed by atoms with Crippen LogP contribution in [0.5, 0.6) is 0 Å². The number of aromatic nitrogens is 2. The van der Waals surface area contributed by atoms with Gasteiger partial charge in [-0.1, -0.05) is 6.07 Å². The zero-order chi connectivity index (χ0) is 14.5. The summed E-state index contributed by atoms with van der Waals surface area (Å²) in [4.78, 5) is 4.52. The lowest BCUT2D eigenvalue weighted by Gasteiger charge is -2.14. The quantitative estimate of drug-likeness (QED) is 0.933. The van der Waals surface area contributed by atoms with Crippen LogP contribution in [0, 0.1) is 0 Å². The van der Waals surface area contributed by atoms with Gasteiger partial charge in [0.2, 0.25) is 5.95 Å². The number of hydrogen-bond acceptors (Lipinski definition) is 5. The Hall–Kier alpha value is -1.21. The van der Waals surface area contributed by atoms with Gasteiger partial charge in [-0.15, -0.1) is 0 Å². The van der Waals surface area contributed by atoms with E-state index in [0.717, 1.165) is 12.1 Å². The smallest absolute Gasteiger partial charge is 0.201 e. The highest BCUT2D eigenvalue weighted by molar-refractivity contribution is 8.00. The number of sulfone groups is 1. The summed E-state index contributed by atoms with van der Waals surface area (Å²) in [6, 6.07) is 5.20. The van der Waals surface area contributed by atoms with Crippen LogP contribution in [0.25, 0.3) is 11.0 Å². The molecule has 0 amide bonds. The molecule has 3 rings (SSSR count). The van der Waals surface area contributed by atoms with E-state index in [1.54, 1.807) is 12.1 Å². The average molecular weight is 311 g/mol. The van der Waals surface area contributed by atoms with Gasteiger partial charge in [0, 0.05) is 17.5 Å². The van der Waals surface area contributed by atoms with Crippen molar-refractivity contribution in [3.8, 4) is 0 Å². The van der Waals surface area contributed by atoms with E-state index in [-0.39, 0.29) is 9.64 Å². The molecule has 0 unspecified atom stereocenters. The van der Waals surface area contributed by atoms with Crippen molar-refractivity contribution in [2.45, 2.75) is 29.0 Å². The van der Waals surface area contributed by atoms with Crippen LogP contribution in [0.3, 0.4) is 0 Å². The van der Waals surface area contributed by atoms with Gasteiger partial charge in [0.15, 0.2) is 9.84 Å². The van der Waals surface area contributed by atoms with Crippen LogP contribution in [0.15, 0.2) is 23.1 Å². The van der Waals surface area contributed by atoms with E-state index in [9.17, 15) is 8.42 Å². The number of benzene rings is 1. The Bertz CT molecular complexity index is 776. The minimum absolute atomic E-state index is 0.239. The predicted molar refractivity (Wildman–Crippen MR) is 82.7 cm³/mol. The monoisotopic (exact) mass is 311 g/mol. The van der Waals surface area contributed by atoms with Gasteiger partial charge in [-0.2, -0.15) is 11.8 Å². The summed E-state index contributed by atoms with van der Waals surface area (Å²) in [6.45, 7) is 0.781. The number of fused-ring (bicyclic) bond motifs is 1. The van der Waals surface area contributed by atoms with Gasteiger partial charge in [-0.25, -0.2) is 13.4 Å². The van der Waals surface area contributed by atoms with E-state index >= 15 is 0 Å². The number of imidazole rings is 1. The summed E-state index contributed by atoms with van der Waals surface area (Å²) >= 11 is 1.84. The Morgan fingerprint density at radius 3 is 2.70 bits per heavy atom. The van der Waals surface area contributed by atoms with Gasteiger partial charge in [0.05, 0.1) is 10.4 Å². The van der Waals surface area contributed by atoms with E-state index in [4.69, 9.17) is 5.73 Å². The second-order valence-electron chi connectivity index (χ2n) is 5.34. The molecule has 7 heteroatoms. The van der Waals surface area contributed by atoms with E-state index in [1.165, 1.54) is 19.1 Å². The summed E-state index contributed by atoms with van der Waals surface area (Å²) < 4.78 is 25.8. The normalized spacial score (nSPS) is 17.5. The van der Waals surface area contributed by atoms with Gasteiger partial charge in [-0.3, -0.25) is 0 Å². The Morgan fingerprint density at radius 1 is 1.45 bits per heavy atom. The maximum atomic E-state index is 11.8. The third-order valence-electron chi connectivity index (χ3n) is 3.86. The molecule has 0 radical (unpaired) electrons. The second kappa shape index (κ2) is 4.39. The van der Waals surface area contributed by atoms with E-state index in [0.29, 0.717) is 11.5 Å². The lowest BCUT2D eigenvalue weighted by atomic mass is 10.3. The molecule has 5 nitrogen and oxygen atoms in total. The molecule has 1 saturated carbocycles. The van der Waals surface area contributed by atoms with Crippen LogP contribution in [0.2, 0.25) is 0 Å². The molecule has 0 spiro atoms. The molecule has 1 fully saturated rings. The second-order valence-corrected chi connectivity index (χ2v) is 8.60. The van der Waals surface area contributed by atoms with Crippen molar-refractivity contribution in [1.29, 1.82) is 0 Å². The molecule has 2 aromatic rings. The third kappa shape index (κ3) is 2.18. The molecule has 1 aromatic carbocycles. The van der Waals surface area contributed by atoms with Crippen LogP contribution in [0.4, 0.5) is 5.95 Å². The first kappa shape index (κ1) is 13.8. The number of para-hydroxylation sites is 1. The topological polar surface area (TPSA) is 78.0 Å². The number of nitrogen functional groups attached to an aromatic ring is 1. The number of thioether (sulfide) groups is 1. The lowest BCUT2D eigenvalue weighted by Crippen LogP contribution is -2.15. The zero-order valence-electron chi connectivity index (χ0n) is 11.5. The standard InChI is InChI=1S/C13H17N3O2S2/c1-19-13(6-7-13)8-16-9-4-3-5-10(20(2,17)18)11(9)15-12(16)14/h3-5H,6-8H2,1-2H3,(H2,14,15). The summed E-state index contributed by atoms with van der Waals surface area (Å²) in [5, 5.41) is 0. The van der Waals surface area contributed by atoms with E-state index in [2.05, 4.69) is 11.2 Å². The maximum absolute atomic E-state index is 11.8. The summed E-state index contributed by atoms with van der Waals surface area (Å²) in [5.74, 6) is 0.386.